The van der Waals surface area contributed by atoms with Crippen LogP contribution in [0.3, 0.4) is 0 Å². The smallest absolute Gasteiger partial charge is 0.232 e. The second-order valence-corrected chi connectivity index (χ2v) is 8.38. The summed E-state index contributed by atoms with van der Waals surface area (Å²) in [5.74, 6) is 2.11. The van der Waals surface area contributed by atoms with E-state index in [0.717, 1.165) is 48.6 Å². The Morgan fingerprint density at radius 3 is 2.52 bits per heavy atom. The van der Waals surface area contributed by atoms with E-state index in [4.69, 9.17) is 18.9 Å². The molecule has 33 heavy (non-hydrogen) atoms. The molecule has 0 fully saturated rings. The maximum Gasteiger partial charge on any atom is 0.232 e. The van der Waals surface area contributed by atoms with Crippen molar-refractivity contribution < 1.29 is 23.7 Å². The molecule has 2 unspecified atom stereocenters. The summed E-state index contributed by atoms with van der Waals surface area (Å²) in [4.78, 5) is 15.9. The van der Waals surface area contributed by atoms with Crippen LogP contribution < -0.4 is 25.6 Å². The standard InChI is InChI=1S/C24H30N4O5/c1-5-28(6-2)8-7-13-20-15(10-19(30-3)23(13)31-4)22-21(25-24(20)29)14-9-17-18(33-12-32-17)11-16(14)26-27-22/h9-11,13,20,26-27H,5-8,12H2,1-4H3,(H,25,29). The van der Waals surface area contributed by atoms with E-state index in [2.05, 4.69) is 34.9 Å². The minimum atomic E-state index is -0.391. The summed E-state index contributed by atoms with van der Waals surface area (Å²) < 4.78 is 22.5. The second-order valence-electron chi connectivity index (χ2n) is 8.38. The first kappa shape index (κ1) is 21.5. The fourth-order valence-corrected chi connectivity index (χ4v) is 5.10. The molecular formula is C24H30N4O5. The number of nitrogens with zero attached hydrogens (tertiary/aromatic N) is 1. The molecule has 1 aliphatic carbocycles. The Labute approximate surface area is 193 Å². The van der Waals surface area contributed by atoms with Crippen molar-refractivity contribution in [2.75, 3.05) is 46.1 Å². The number of carbonyl (C=O) groups excluding carboxylic acids is 1. The van der Waals surface area contributed by atoms with Gasteiger partial charge in [0, 0.05) is 17.5 Å². The summed E-state index contributed by atoms with van der Waals surface area (Å²) in [5.41, 5.74) is 10.6. The van der Waals surface area contributed by atoms with E-state index in [-0.39, 0.29) is 18.6 Å². The van der Waals surface area contributed by atoms with Crippen molar-refractivity contribution in [3.8, 4) is 11.5 Å². The molecule has 3 heterocycles. The van der Waals surface area contributed by atoms with Gasteiger partial charge in [0.1, 0.15) is 5.76 Å². The number of rotatable bonds is 7. The van der Waals surface area contributed by atoms with Crippen LogP contribution in [-0.2, 0) is 14.3 Å². The molecule has 0 spiro atoms. The van der Waals surface area contributed by atoms with Gasteiger partial charge in [-0.05, 0) is 43.8 Å². The zero-order valence-electron chi connectivity index (χ0n) is 19.4. The van der Waals surface area contributed by atoms with Crippen molar-refractivity contribution in [3.05, 3.63) is 46.6 Å². The number of hydrogen-bond acceptors (Lipinski definition) is 8. The van der Waals surface area contributed by atoms with Gasteiger partial charge in [-0.3, -0.25) is 15.6 Å². The molecule has 3 aliphatic heterocycles. The van der Waals surface area contributed by atoms with Crippen LogP contribution in [0.15, 0.2) is 41.0 Å². The summed E-state index contributed by atoms with van der Waals surface area (Å²) in [6, 6.07) is 3.77. The third kappa shape index (κ3) is 3.47. The van der Waals surface area contributed by atoms with Crippen LogP contribution in [0, 0.1) is 11.8 Å². The fourth-order valence-electron chi connectivity index (χ4n) is 5.10. The lowest BCUT2D eigenvalue weighted by atomic mass is 9.74. The number of hydrogen-bond donors (Lipinski definition) is 3. The molecule has 2 atom stereocenters. The highest BCUT2D eigenvalue weighted by molar-refractivity contribution is 6.00. The molecular weight excluding hydrogens is 424 g/mol. The Kier molecular flexibility index (Phi) is 5.57. The summed E-state index contributed by atoms with van der Waals surface area (Å²) in [7, 11) is 3.27. The van der Waals surface area contributed by atoms with Gasteiger partial charge >= 0.3 is 0 Å². The highest BCUT2D eigenvalue weighted by Gasteiger charge is 2.45. The zero-order chi connectivity index (χ0) is 23.1. The van der Waals surface area contributed by atoms with Gasteiger partial charge in [0.25, 0.3) is 0 Å². The van der Waals surface area contributed by atoms with Crippen LogP contribution in [0.25, 0.3) is 5.70 Å². The molecule has 1 aromatic carbocycles. The third-order valence-corrected chi connectivity index (χ3v) is 6.87. The number of amides is 1. The molecule has 9 heteroatoms. The van der Waals surface area contributed by atoms with Crippen LogP contribution in [0.2, 0.25) is 0 Å². The number of carbonyl (C=O) groups is 1. The third-order valence-electron chi connectivity index (χ3n) is 6.87. The predicted octanol–water partition coefficient (Wildman–Crippen LogP) is 2.55. The molecule has 0 radical (unpaired) electrons. The van der Waals surface area contributed by atoms with Gasteiger partial charge in [-0.1, -0.05) is 13.8 Å². The molecule has 0 saturated carbocycles. The van der Waals surface area contributed by atoms with Crippen molar-refractivity contribution in [2.24, 2.45) is 11.8 Å². The molecule has 4 aliphatic rings. The molecule has 1 aromatic rings. The molecule has 5 rings (SSSR count). The van der Waals surface area contributed by atoms with Gasteiger partial charge in [0.2, 0.25) is 12.7 Å². The Bertz CT molecular complexity index is 1070. The normalized spacial score (nSPS) is 22.6. The first-order chi connectivity index (χ1) is 16.1. The quantitative estimate of drug-likeness (QED) is 0.579. The maximum absolute atomic E-state index is 13.6. The van der Waals surface area contributed by atoms with E-state index >= 15 is 0 Å². The van der Waals surface area contributed by atoms with Gasteiger partial charge < -0.3 is 29.2 Å². The number of methoxy groups -OCH3 is 2. The summed E-state index contributed by atoms with van der Waals surface area (Å²) in [6.07, 6.45) is 2.69. The SMILES string of the molecule is CCN(CC)CCC1C(OC)=C(OC)C=C2C3=C(NC(=O)C21)c1cc2c(cc1NN3)OCO2. The van der Waals surface area contributed by atoms with Crippen molar-refractivity contribution >= 4 is 17.3 Å². The molecule has 3 N–H and O–H groups in total. The summed E-state index contributed by atoms with van der Waals surface area (Å²) >= 11 is 0. The number of ether oxygens (including phenoxy) is 4. The van der Waals surface area contributed by atoms with Crippen molar-refractivity contribution in [1.29, 1.82) is 0 Å². The molecule has 0 bridgehead atoms. The van der Waals surface area contributed by atoms with Gasteiger partial charge in [-0.15, -0.1) is 0 Å². The number of allylic oxidation sites excluding steroid dienone is 3. The maximum atomic E-state index is 13.6. The first-order valence-electron chi connectivity index (χ1n) is 11.4. The summed E-state index contributed by atoms with van der Waals surface area (Å²) in [6.45, 7) is 7.26. The fraction of sp³-hybridized carbons (Fsp3) is 0.458. The van der Waals surface area contributed by atoms with Crippen LogP contribution in [-0.4, -0.2) is 51.5 Å². The Morgan fingerprint density at radius 1 is 1.06 bits per heavy atom. The Balaban J connectivity index is 1.58. The summed E-state index contributed by atoms with van der Waals surface area (Å²) in [5, 5.41) is 3.16. The van der Waals surface area contributed by atoms with Crippen LogP contribution >= 0.6 is 0 Å². The van der Waals surface area contributed by atoms with E-state index < -0.39 is 5.92 Å². The zero-order valence-corrected chi connectivity index (χ0v) is 19.4. The lowest BCUT2D eigenvalue weighted by Gasteiger charge is -2.40. The number of anilines is 1. The van der Waals surface area contributed by atoms with Crippen molar-refractivity contribution in [3.63, 3.8) is 0 Å². The predicted molar refractivity (Wildman–Crippen MR) is 123 cm³/mol. The van der Waals surface area contributed by atoms with Gasteiger partial charge in [-0.25, -0.2) is 0 Å². The van der Waals surface area contributed by atoms with E-state index in [9.17, 15) is 4.79 Å². The molecule has 176 valence electrons. The van der Waals surface area contributed by atoms with Crippen LogP contribution in [0.5, 0.6) is 11.5 Å². The number of nitrogens with one attached hydrogen (secondary N) is 3. The van der Waals surface area contributed by atoms with E-state index in [1.807, 2.05) is 18.2 Å². The molecule has 1 amide bonds. The minimum absolute atomic E-state index is 0.0541. The van der Waals surface area contributed by atoms with E-state index in [1.165, 1.54) is 0 Å². The lowest BCUT2D eigenvalue weighted by Crippen LogP contribution is -2.47. The largest absolute Gasteiger partial charge is 0.497 e. The van der Waals surface area contributed by atoms with Gasteiger partial charge in [0.15, 0.2) is 17.3 Å². The van der Waals surface area contributed by atoms with E-state index in [0.29, 0.717) is 28.7 Å². The molecule has 0 aromatic heterocycles. The monoisotopic (exact) mass is 454 g/mol. The Morgan fingerprint density at radius 2 is 1.82 bits per heavy atom. The highest BCUT2D eigenvalue weighted by Crippen LogP contribution is 2.47. The highest BCUT2D eigenvalue weighted by atomic mass is 16.7. The van der Waals surface area contributed by atoms with E-state index in [1.54, 1.807) is 14.2 Å². The first-order valence-corrected chi connectivity index (χ1v) is 11.4. The lowest BCUT2D eigenvalue weighted by molar-refractivity contribution is -0.124. The van der Waals surface area contributed by atoms with Gasteiger partial charge in [-0.2, -0.15) is 0 Å². The number of fused-ring (bicyclic) bond motifs is 5. The topological polar surface area (TPSA) is 93.3 Å². The van der Waals surface area contributed by atoms with Crippen LogP contribution in [0.4, 0.5) is 5.69 Å². The average molecular weight is 455 g/mol. The van der Waals surface area contributed by atoms with Gasteiger partial charge in [0.05, 0.1) is 37.2 Å². The molecule has 9 nitrogen and oxygen atoms in total. The van der Waals surface area contributed by atoms with Crippen molar-refractivity contribution in [1.82, 2.24) is 15.6 Å². The number of hydrazine groups is 1. The molecule has 0 saturated heterocycles. The van der Waals surface area contributed by atoms with Crippen molar-refractivity contribution in [2.45, 2.75) is 20.3 Å². The minimum Gasteiger partial charge on any atom is -0.497 e. The van der Waals surface area contributed by atoms with Crippen LogP contribution in [0.1, 0.15) is 25.8 Å². The second kappa shape index (κ2) is 8.55. The average Bonchev–Trinajstić information content (AvgIpc) is 3.30. The Hall–Kier alpha value is -3.33. The number of benzene rings is 1.